The van der Waals surface area contributed by atoms with E-state index in [9.17, 15) is 4.79 Å². The number of benzene rings is 1. The molecule has 0 saturated heterocycles. The van der Waals surface area contributed by atoms with Crippen LogP contribution in [-0.4, -0.2) is 20.9 Å². The number of nitrogens with one attached hydrogen (secondary N) is 1. The molecular formula is C24H26N4O. The Kier molecular flexibility index (Phi) is 5.14. The van der Waals surface area contributed by atoms with E-state index in [1.807, 2.05) is 55.6 Å². The molecule has 0 fully saturated rings. The number of amides is 1. The number of carbonyl (C=O) groups is 1. The number of nitrogens with zero attached hydrogens (tertiary/aromatic N) is 3. The molecule has 148 valence electrons. The van der Waals surface area contributed by atoms with Crippen LogP contribution in [0.2, 0.25) is 0 Å². The molecule has 3 aromatic rings. The van der Waals surface area contributed by atoms with Crippen LogP contribution in [0.15, 0.2) is 61.1 Å². The third-order valence-electron chi connectivity index (χ3n) is 5.63. The fourth-order valence-corrected chi connectivity index (χ4v) is 4.01. The van der Waals surface area contributed by atoms with Crippen LogP contribution in [0.1, 0.15) is 56.0 Å². The molecule has 0 aliphatic heterocycles. The largest absolute Gasteiger partial charge is 0.349 e. The fraction of sp³-hybridized carbons (Fsp3) is 0.333. The van der Waals surface area contributed by atoms with Gasteiger partial charge in [-0.15, -0.1) is 0 Å². The number of carbonyl (C=O) groups excluding carboxylic acids is 1. The molecule has 0 saturated carbocycles. The Labute approximate surface area is 171 Å². The average molecular weight is 386 g/mol. The van der Waals surface area contributed by atoms with E-state index in [0.717, 1.165) is 35.2 Å². The number of pyridine rings is 1. The lowest BCUT2D eigenvalue weighted by Crippen LogP contribution is -2.38. The van der Waals surface area contributed by atoms with Gasteiger partial charge < -0.3 is 5.32 Å². The van der Waals surface area contributed by atoms with Crippen molar-refractivity contribution in [3.05, 3.63) is 77.9 Å². The second-order valence-corrected chi connectivity index (χ2v) is 8.57. The van der Waals surface area contributed by atoms with Crippen LogP contribution in [0.3, 0.4) is 0 Å². The Bertz CT molecular complexity index is 1000. The van der Waals surface area contributed by atoms with Gasteiger partial charge in [0, 0.05) is 29.7 Å². The van der Waals surface area contributed by atoms with E-state index in [1.165, 1.54) is 0 Å². The molecular weight excluding hydrogens is 360 g/mol. The first-order valence-corrected chi connectivity index (χ1v) is 10.0. The normalized spacial score (nSPS) is 18.5. The van der Waals surface area contributed by atoms with Crippen molar-refractivity contribution in [2.24, 2.45) is 5.41 Å². The van der Waals surface area contributed by atoms with Gasteiger partial charge in [0.1, 0.15) is 0 Å². The summed E-state index contributed by atoms with van der Waals surface area (Å²) < 4.78 is 0. The molecule has 1 N–H and O–H groups in total. The molecule has 4 rings (SSSR count). The van der Waals surface area contributed by atoms with Crippen molar-refractivity contribution in [1.29, 1.82) is 0 Å². The highest BCUT2D eigenvalue weighted by Gasteiger charge is 2.35. The molecule has 2 heterocycles. The summed E-state index contributed by atoms with van der Waals surface area (Å²) >= 11 is 0. The van der Waals surface area contributed by atoms with Gasteiger partial charge in [-0.05, 0) is 42.9 Å². The highest BCUT2D eigenvalue weighted by molar-refractivity contribution is 5.83. The molecule has 0 radical (unpaired) electrons. The van der Waals surface area contributed by atoms with Crippen molar-refractivity contribution in [3.8, 4) is 11.4 Å². The van der Waals surface area contributed by atoms with Crippen molar-refractivity contribution in [2.75, 3.05) is 0 Å². The molecule has 1 amide bonds. The minimum Gasteiger partial charge on any atom is -0.349 e. The van der Waals surface area contributed by atoms with Crippen molar-refractivity contribution >= 4 is 5.91 Å². The zero-order valence-electron chi connectivity index (χ0n) is 17.1. The Balaban J connectivity index is 1.61. The highest BCUT2D eigenvalue weighted by atomic mass is 16.1. The highest BCUT2D eigenvalue weighted by Crippen LogP contribution is 2.40. The lowest BCUT2D eigenvalue weighted by atomic mass is 9.74. The second-order valence-electron chi connectivity index (χ2n) is 8.57. The van der Waals surface area contributed by atoms with Crippen LogP contribution in [-0.2, 0) is 11.2 Å². The number of hydrogen-bond donors (Lipinski definition) is 1. The Morgan fingerprint density at radius 2 is 1.86 bits per heavy atom. The van der Waals surface area contributed by atoms with E-state index < -0.39 is 0 Å². The topological polar surface area (TPSA) is 67.8 Å². The number of aromatic nitrogens is 3. The standard InChI is InChI=1S/C24H26N4O/c1-16(17-7-5-4-6-8-17)23(29)28-21-14-24(2,3)13-20-19(21)15-26-22(27-20)18-9-11-25-12-10-18/h4-12,15-16,21H,13-14H2,1-3H3,(H,28,29)/t16-,21-/m0/s1. The summed E-state index contributed by atoms with van der Waals surface area (Å²) in [7, 11) is 0. The zero-order chi connectivity index (χ0) is 20.4. The Morgan fingerprint density at radius 3 is 2.59 bits per heavy atom. The van der Waals surface area contributed by atoms with Crippen LogP contribution in [0, 0.1) is 5.41 Å². The maximum atomic E-state index is 13.0. The van der Waals surface area contributed by atoms with Crippen molar-refractivity contribution in [2.45, 2.75) is 45.6 Å². The maximum Gasteiger partial charge on any atom is 0.227 e. The van der Waals surface area contributed by atoms with Crippen LogP contribution >= 0.6 is 0 Å². The molecule has 0 bridgehead atoms. The third-order valence-corrected chi connectivity index (χ3v) is 5.63. The summed E-state index contributed by atoms with van der Waals surface area (Å²) in [4.78, 5) is 26.5. The van der Waals surface area contributed by atoms with E-state index in [1.54, 1.807) is 12.4 Å². The average Bonchev–Trinajstić information content (AvgIpc) is 2.73. The first kappa shape index (κ1) is 19.2. The molecule has 1 aliphatic carbocycles. The molecule has 29 heavy (non-hydrogen) atoms. The summed E-state index contributed by atoms with van der Waals surface area (Å²) in [5.74, 6) is 0.524. The first-order chi connectivity index (χ1) is 13.9. The lowest BCUT2D eigenvalue weighted by molar-refractivity contribution is -0.123. The van der Waals surface area contributed by atoms with Gasteiger partial charge in [-0.1, -0.05) is 44.2 Å². The smallest absolute Gasteiger partial charge is 0.227 e. The van der Waals surface area contributed by atoms with E-state index in [2.05, 4.69) is 29.1 Å². The van der Waals surface area contributed by atoms with Gasteiger partial charge in [0.05, 0.1) is 17.7 Å². The summed E-state index contributed by atoms with van der Waals surface area (Å²) in [6.45, 7) is 6.40. The molecule has 1 aliphatic rings. The fourth-order valence-electron chi connectivity index (χ4n) is 4.01. The number of fused-ring (bicyclic) bond motifs is 1. The van der Waals surface area contributed by atoms with Gasteiger partial charge in [-0.2, -0.15) is 0 Å². The molecule has 2 aromatic heterocycles. The number of hydrogen-bond acceptors (Lipinski definition) is 4. The summed E-state index contributed by atoms with van der Waals surface area (Å²) in [5, 5.41) is 3.26. The molecule has 1 aromatic carbocycles. The van der Waals surface area contributed by atoms with Crippen molar-refractivity contribution in [1.82, 2.24) is 20.3 Å². The minimum atomic E-state index is -0.207. The predicted octanol–water partition coefficient (Wildman–Crippen LogP) is 4.47. The van der Waals surface area contributed by atoms with Gasteiger partial charge in [0.2, 0.25) is 5.91 Å². The summed E-state index contributed by atoms with van der Waals surface area (Å²) in [6.07, 6.45) is 7.10. The van der Waals surface area contributed by atoms with E-state index in [4.69, 9.17) is 4.98 Å². The molecule has 0 unspecified atom stereocenters. The lowest BCUT2D eigenvalue weighted by Gasteiger charge is -2.37. The van der Waals surface area contributed by atoms with Crippen LogP contribution in [0.5, 0.6) is 0 Å². The van der Waals surface area contributed by atoms with Crippen LogP contribution in [0.25, 0.3) is 11.4 Å². The van der Waals surface area contributed by atoms with Gasteiger partial charge in [-0.3, -0.25) is 9.78 Å². The number of rotatable bonds is 4. The third kappa shape index (κ3) is 4.19. The summed E-state index contributed by atoms with van der Waals surface area (Å²) in [6, 6.07) is 13.6. The Morgan fingerprint density at radius 1 is 1.14 bits per heavy atom. The minimum absolute atomic E-state index is 0.0306. The zero-order valence-corrected chi connectivity index (χ0v) is 17.1. The predicted molar refractivity (Wildman–Crippen MR) is 113 cm³/mol. The van der Waals surface area contributed by atoms with Crippen molar-refractivity contribution in [3.63, 3.8) is 0 Å². The molecule has 2 atom stereocenters. The molecule has 5 nitrogen and oxygen atoms in total. The van der Waals surface area contributed by atoms with Gasteiger partial charge >= 0.3 is 0 Å². The monoisotopic (exact) mass is 386 g/mol. The molecule has 0 spiro atoms. The van der Waals surface area contributed by atoms with Crippen LogP contribution in [0.4, 0.5) is 0 Å². The van der Waals surface area contributed by atoms with Gasteiger partial charge in [0.15, 0.2) is 5.82 Å². The second kappa shape index (κ2) is 7.74. The first-order valence-electron chi connectivity index (χ1n) is 10.0. The molecule has 5 heteroatoms. The SMILES string of the molecule is C[C@H](C(=O)N[C@H]1CC(C)(C)Cc2nc(-c3ccncc3)ncc21)c1ccccc1. The van der Waals surface area contributed by atoms with Gasteiger partial charge in [-0.25, -0.2) is 9.97 Å². The van der Waals surface area contributed by atoms with Crippen LogP contribution < -0.4 is 5.32 Å². The Hall–Kier alpha value is -3.08. The maximum absolute atomic E-state index is 13.0. The van der Waals surface area contributed by atoms with Crippen molar-refractivity contribution < 1.29 is 4.79 Å². The quantitative estimate of drug-likeness (QED) is 0.718. The van der Waals surface area contributed by atoms with E-state index in [-0.39, 0.29) is 23.3 Å². The van der Waals surface area contributed by atoms with Gasteiger partial charge in [0.25, 0.3) is 0 Å². The van der Waals surface area contributed by atoms with E-state index in [0.29, 0.717) is 5.82 Å². The summed E-state index contributed by atoms with van der Waals surface area (Å²) in [5.41, 5.74) is 4.05. The van der Waals surface area contributed by atoms with E-state index >= 15 is 0 Å².